The van der Waals surface area contributed by atoms with E-state index < -0.39 is 24.5 Å². The van der Waals surface area contributed by atoms with Crippen molar-refractivity contribution in [3.63, 3.8) is 0 Å². The van der Waals surface area contributed by atoms with Crippen molar-refractivity contribution in [3.05, 3.63) is 72.7 Å². The molecule has 1 N–H and O–H groups in total. The second-order valence-electron chi connectivity index (χ2n) is 7.16. The molecule has 2 heterocycles. The molecule has 2 aromatic carbocycles. The van der Waals surface area contributed by atoms with Crippen LogP contribution in [0.25, 0.3) is 0 Å². The summed E-state index contributed by atoms with van der Waals surface area (Å²) >= 11 is 3.13. The van der Waals surface area contributed by atoms with Gasteiger partial charge in [0, 0.05) is 9.79 Å². The van der Waals surface area contributed by atoms with Crippen molar-refractivity contribution in [1.82, 2.24) is 5.32 Å². The molecule has 0 radical (unpaired) electrons. The lowest BCUT2D eigenvalue weighted by Gasteiger charge is -2.31. The second-order valence-corrected chi connectivity index (χ2v) is 9.23. The van der Waals surface area contributed by atoms with Crippen LogP contribution in [-0.2, 0) is 14.3 Å². The van der Waals surface area contributed by atoms with Crippen LogP contribution < -0.4 is 10.2 Å². The van der Waals surface area contributed by atoms with Crippen LogP contribution in [0.2, 0.25) is 0 Å². The molecule has 0 spiro atoms. The summed E-state index contributed by atoms with van der Waals surface area (Å²) < 4.78 is 10.5. The molecule has 1 atom stereocenters. The average molecular weight is 483 g/mol. The lowest BCUT2D eigenvalue weighted by Crippen LogP contribution is -2.43. The minimum Gasteiger partial charge on any atom is -0.459 e. The van der Waals surface area contributed by atoms with Gasteiger partial charge in [-0.25, -0.2) is 4.79 Å². The van der Waals surface area contributed by atoms with Crippen molar-refractivity contribution in [3.8, 4) is 0 Å². The maximum Gasteiger partial charge on any atom is 0.329 e. The van der Waals surface area contributed by atoms with Crippen molar-refractivity contribution in [2.75, 3.05) is 23.5 Å². The first kappa shape index (κ1) is 23.0. The summed E-state index contributed by atoms with van der Waals surface area (Å²) in [5, 5.41) is 2.64. The van der Waals surface area contributed by atoms with Gasteiger partial charge in [0.2, 0.25) is 0 Å². The van der Waals surface area contributed by atoms with Crippen LogP contribution in [0.5, 0.6) is 0 Å². The molecule has 170 valence electrons. The molecule has 33 heavy (non-hydrogen) atoms. The monoisotopic (exact) mass is 482 g/mol. The highest BCUT2D eigenvalue weighted by Gasteiger charge is 2.30. The van der Waals surface area contributed by atoms with E-state index >= 15 is 0 Å². The van der Waals surface area contributed by atoms with Crippen LogP contribution in [0, 0.1) is 0 Å². The Hall–Kier alpha value is -3.17. The molecule has 7 nitrogen and oxygen atoms in total. The molecule has 9 heteroatoms. The summed E-state index contributed by atoms with van der Waals surface area (Å²) in [5.74, 6) is -0.803. The number of fused-ring (bicyclic) bond motifs is 2. The Morgan fingerprint density at radius 3 is 2.30 bits per heavy atom. The zero-order valence-electron chi connectivity index (χ0n) is 17.9. The third kappa shape index (κ3) is 5.26. The molecule has 0 bridgehead atoms. The van der Waals surface area contributed by atoms with Gasteiger partial charge in [-0.05, 0) is 54.8 Å². The number of rotatable bonds is 8. The topological polar surface area (TPSA) is 88.9 Å². The largest absolute Gasteiger partial charge is 0.459 e. The Morgan fingerprint density at radius 2 is 1.70 bits per heavy atom. The first-order valence-corrected chi connectivity index (χ1v) is 12.5. The van der Waals surface area contributed by atoms with Gasteiger partial charge in [-0.2, -0.15) is 11.8 Å². The summed E-state index contributed by atoms with van der Waals surface area (Å²) in [7, 11) is 0. The number of hydrogen-bond acceptors (Lipinski definition) is 7. The van der Waals surface area contributed by atoms with Gasteiger partial charge < -0.3 is 14.5 Å². The van der Waals surface area contributed by atoms with Crippen molar-refractivity contribution in [2.24, 2.45) is 0 Å². The molecular weight excluding hydrogens is 460 g/mol. The highest BCUT2D eigenvalue weighted by Crippen LogP contribution is 2.47. The molecule has 4 rings (SSSR count). The van der Waals surface area contributed by atoms with E-state index in [-0.39, 0.29) is 11.7 Å². The number of amides is 2. The van der Waals surface area contributed by atoms with Crippen LogP contribution in [0.4, 0.5) is 11.4 Å². The zero-order chi connectivity index (χ0) is 23.2. The Bertz CT molecular complexity index is 1100. The van der Waals surface area contributed by atoms with Gasteiger partial charge >= 0.3 is 5.97 Å². The van der Waals surface area contributed by atoms with E-state index in [4.69, 9.17) is 9.15 Å². The number of carbonyl (C=O) groups is 3. The molecule has 1 aromatic heterocycles. The number of carbonyl (C=O) groups excluding carboxylic acids is 3. The van der Waals surface area contributed by atoms with E-state index in [2.05, 4.69) is 5.32 Å². The van der Waals surface area contributed by atoms with E-state index in [0.717, 1.165) is 21.2 Å². The third-order valence-corrected chi connectivity index (χ3v) is 6.74. The molecule has 2 amide bonds. The van der Waals surface area contributed by atoms with E-state index in [1.165, 1.54) is 12.3 Å². The van der Waals surface area contributed by atoms with E-state index in [9.17, 15) is 14.4 Å². The van der Waals surface area contributed by atoms with Gasteiger partial charge in [-0.1, -0.05) is 36.0 Å². The van der Waals surface area contributed by atoms with E-state index in [1.54, 1.807) is 34.5 Å². The van der Waals surface area contributed by atoms with Crippen LogP contribution in [0.3, 0.4) is 0 Å². The number of nitrogens with one attached hydrogen (secondary N) is 1. The average Bonchev–Trinajstić information content (AvgIpc) is 3.38. The van der Waals surface area contributed by atoms with Crippen molar-refractivity contribution in [1.29, 1.82) is 0 Å². The molecule has 0 aliphatic carbocycles. The SMILES string of the molecule is CSCCC(NC(=O)c1ccco1)C(=O)OCC(=O)N1c2ccccc2Sc2ccccc21. The third-order valence-electron chi connectivity index (χ3n) is 4.96. The number of para-hydroxylation sites is 2. The minimum atomic E-state index is -0.890. The number of furan rings is 1. The number of anilines is 2. The summed E-state index contributed by atoms with van der Waals surface area (Å²) in [5.41, 5.74) is 1.49. The highest BCUT2D eigenvalue weighted by atomic mass is 32.2. The predicted octanol–water partition coefficient (Wildman–Crippen LogP) is 4.50. The lowest BCUT2D eigenvalue weighted by atomic mass is 10.2. The molecule has 0 saturated heterocycles. The summed E-state index contributed by atoms with van der Waals surface area (Å²) in [6, 6.07) is 17.4. The molecular formula is C24H22N2O5S2. The fourth-order valence-electron chi connectivity index (χ4n) is 3.39. The van der Waals surface area contributed by atoms with Crippen LogP contribution in [0.15, 0.2) is 81.1 Å². The predicted molar refractivity (Wildman–Crippen MR) is 128 cm³/mol. The Balaban J connectivity index is 1.47. The van der Waals surface area contributed by atoms with Crippen molar-refractivity contribution >= 4 is 52.7 Å². The van der Waals surface area contributed by atoms with Gasteiger partial charge in [-0.15, -0.1) is 0 Å². The number of esters is 1. The van der Waals surface area contributed by atoms with Crippen molar-refractivity contribution < 1.29 is 23.5 Å². The first-order chi connectivity index (χ1) is 16.1. The lowest BCUT2D eigenvalue weighted by molar-refractivity contribution is -0.149. The summed E-state index contributed by atoms with van der Waals surface area (Å²) in [6.45, 7) is -0.446. The maximum atomic E-state index is 13.2. The quantitative estimate of drug-likeness (QED) is 0.473. The van der Waals surface area contributed by atoms with Crippen LogP contribution in [-0.4, -0.2) is 42.4 Å². The molecule has 1 unspecified atom stereocenters. The number of hydrogen-bond donors (Lipinski definition) is 1. The van der Waals surface area contributed by atoms with E-state index in [0.29, 0.717) is 12.2 Å². The number of thioether (sulfide) groups is 1. The van der Waals surface area contributed by atoms with Gasteiger partial charge in [0.15, 0.2) is 12.4 Å². The number of benzene rings is 2. The van der Waals surface area contributed by atoms with Crippen LogP contribution in [0.1, 0.15) is 17.0 Å². The zero-order valence-corrected chi connectivity index (χ0v) is 19.5. The molecule has 1 aliphatic rings. The number of ether oxygens (including phenoxy) is 1. The molecule has 0 saturated carbocycles. The molecule has 3 aromatic rings. The fourth-order valence-corrected chi connectivity index (χ4v) is 4.92. The number of nitrogens with zero attached hydrogens (tertiary/aromatic N) is 1. The minimum absolute atomic E-state index is 0.104. The molecule has 1 aliphatic heterocycles. The Kier molecular flexibility index (Phi) is 7.41. The fraction of sp³-hybridized carbons (Fsp3) is 0.208. The summed E-state index contributed by atoms with van der Waals surface area (Å²) in [6.07, 6.45) is 3.66. The standard InChI is InChI=1S/C24H22N2O5S2/c1-32-14-12-16(25-23(28)19-9-6-13-30-19)24(29)31-15-22(27)26-17-7-2-4-10-20(17)33-21-11-5-3-8-18(21)26/h2-11,13,16H,12,14-15H2,1H3,(H,25,28). The van der Waals surface area contributed by atoms with Crippen LogP contribution >= 0.6 is 23.5 Å². The first-order valence-electron chi connectivity index (χ1n) is 10.3. The normalized spacial score (nSPS) is 12.9. The second kappa shape index (κ2) is 10.6. The molecule has 0 fully saturated rings. The van der Waals surface area contributed by atoms with Gasteiger partial charge in [-0.3, -0.25) is 14.5 Å². The van der Waals surface area contributed by atoms with Gasteiger partial charge in [0.1, 0.15) is 6.04 Å². The smallest absolute Gasteiger partial charge is 0.329 e. The highest BCUT2D eigenvalue weighted by molar-refractivity contribution is 7.99. The maximum absolute atomic E-state index is 13.2. The Labute approximate surface area is 199 Å². The van der Waals surface area contributed by atoms with Gasteiger partial charge in [0.25, 0.3) is 11.8 Å². The van der Waals surface area contributed by atoms with Gasteiger partial charge in [0.05, 0.1) is 17.6 Å². The Morgan fingerprint density at radius 1 is 1.03 bits per heavy atom. The van der Waals surface area contributed by atoms with E-state index in [1.807, 2.05) is 54.8 Å². The van der Waals surface area contributed by atoms with Crippen molar-refractivity contribution in [2.45, 2.75) is 22.3 Å². The summed E-state index contributed by atoms with van der Waals surface area (Å²) in [4.78, 5) is 41.8.